The smallest absolute Gasteiger partial charge is 0.251 e. The van der Waals surface area contributed by atoms with Crippen LogP contribution >= 0.6 is 0 Å². The average Bonchev–Trinajstić information content (AvgIpc) is 3.13. The monoisotopic (exact) mass is 486 g/mol. The number of carbonyl (C=O) groups is 1. The molecule has 0 atom stereocenters. The molecule has 0 aliphatic rings. The number of carbonyl (C=O) groups excluding carboxylic acids is 1. The van der Waals surface area contributed by atoms with E-state index in [1.54, 1.807) is 16.9 Å². The first-order valence-electron chi connectivity index (χ1n) is 11.8. The van der Waals surface area contributed by atoms with E-state index in [9.17, 15) is 4.79 Å². The molecular weight excluding hydrogens is 456 g/mol. The van der Waals surface area contributed by atoms with E-state index in [1.807, 2.05) is 71.0 Å². The summed E-state index contributed by atoms with van der Waals surface area (Å²) in [6.45, 7) is 10.5. The molecule has 0 saturated heterocycles. The minimum absolute atomic E-state index is 0.104. The molecule has 0 fully saturated rings. The van der Waals surface area contributed by atoms with Gasteiger partial charge in [0.15, 0.2) is 11.5 Å². The second-order valence-electron chi connectivity index (χ2n) is 8.45. The number of aryl methyl sites for hydroxylation is 3. The fraction of sp³-hybridized carbons (Fsp3) is 0.296. The summed E-state index contributed by atoms with van der Waals surface area (Å²) in [6.07, 6.45) is 1.90. The highest BCUT2D eigenvalue weighted by Crippen LogP contribution is 2.30. The summed E-state index contributed by atoms with van der Waals surface area (Å²) in [5, 5.41) is 7.53. The number of para-hydroxylation sites is 2. The van der Waals surface area contributed by atoms with Gasteiger partial charge >= 0.3 is 0 Å². The van der Waals surface area contributed by atoms with Gasteiger partial charge in [0.1, 0.15) is 0 Å². The van der Waals surface area contributed by atoms with Gasteiger partial charge in [0.05, 0.1) is 18.7 Å². The Balaban J connectivity index is 1.37. The Kier molecular flexibility index (Phi) is 7.58. The Bertz CT molecular complexity index is 1340. The molecule has 3 aromatic heterocycles. The summed E-state index contributed by atoms with van der Waals surface area (Å²) in [5.41, 5.74) is 5.09. The van der Waals surface area contributed by atoms with Gasteiger partial charge in [-0.15, -0.1) is 0 Å². The Morgan fingerprint density at radius 1 is 1.00 bits per heavy atom. The van der Waals surface area contributed by atoms with Gasteiger partial charge in [-0.2, -0.15) is 5.10 Å². The minimum Gasteiger partial charge on any atom is -0.490 e. The molecule has 0 saturated carbocycles. The van der Waals surface area contributed by atoms with Crippen LogP contribution in [0, 0.1) is 27.7 Å². The van der Waals surface area contributed by atoms with Crippen LogP contribution in [0.25, 0.3) is 5.95 Å². The first kappa shape index (κ1) is 24.8. The first-order valence-corrected chi connectivity index (χ1v) is 11.8. The van der Waals surface area contributed by atoms with E-state index < -0.39 is 0 Å². The van der Waals surface area contributed by atoms with Crippen molar-refractivity contribution in [2.45, 2.75) is 47.6 Å². The third kappa shape index (κ3) is 5.86. The fourth-order valence-corrected chi connectivity index (χ4v) is 3.85. The zero-order chi connectivity index (χ0) is 25.7. The lowest BCUT2D eigenvalue weighted by atomic mass is 10.1. The number of benzene rings is 1. The largest absolute Gasteiger partial charge is 0.490 e. The zero-order valence-electron chi connectivity index (χ0n) is 21.2. The minimum atomic E-state index is -0.104. The second kappa shape index (κ2) is 11.0. The summed E-state index contributed by atoms with van der Waals surface area (Å²) in [4.78, 5) is 26.0. The van der Waals surface area contributed by atoms with Crippen molar-refractivity contribution in [3.8, 4) is 23.3 Å². The van der Waals surface area contributed by atoms with Crippen molar-refractivity contribution in [3.63, 3.8) is 0 Å². The van der Waals surface area contributed by atoms with Crippen LogP contribution in [0.3, 0.4) is 0 Å². The van der Waals surface area contributed by atoms with E-state index in [0.29, 0.717) is 36.5 Å². The van der Waals surface area contributed by atoms with Crippen molar-refractivity contribution in [2.24, 2.45) is 0 Å². The number of hydrogen-bond donors (Lipinski definition) is 1. The molecule has 0 aliphatic carbocycles. The molecule has 0 radical (unpaired) electrons. The first-order chi connectivity index (χ1) is 17.3. The zero-order valence-corrected chi connectivity index (χ0v) is 21.2. The summed E-state index contributed by atoms with van der Waals surface area (Å²) in [6, 6.07) is 13.0. The molecular formula is C27H30N6O3. The summed E-state index contributed by atoms with van der Waals surface area (Å²) in [7, 11) is 0. The highest BCUT2D eigenvalue weighted by atomic mass is 16.5. The predicted octanol–water partition coefficient (Wildman–Crippen LogP) is 4.34. The molecule has 9 nitrogen and oxygen atoms in total. The topological polar surface area (TPSA) is 104 Å². The number of amides is 1. The third-order valence-corrected chi connectivity index (χ3v) is 5.59. The van der Waals surface area contributed by atoms with Crippen LogP contribution in [-0.2, 0) is 17.8 Å². The quantitative estimate of drug-likeness (QED) is 0.375. The lowest BCUT2D eigenvalue weighted by Gasteiger charge is -2.11. The molecule has 1 aromatic carbocycles. The Morgan fingerprint density at radius 3 is 2.39 bits per heavy atom. The Labute approximate surface area is 210 Å². The van der Waals surface area contributed by atoms with Gasteiger partial charge in [0.2, 0.25) is 11.8 Å². The number of aromatic nitrogens is 5. The lowest BCUT2D eigenvalue weighted by Crippen LogP contribution is -2.25. The van der Waals surface area contributed by atoms with Gasteiger partial charge < -0.3 is 14.8 Å². The van der Waals surface area contributed by atoms with Gasteiger partial charge in [0.25, 0.3) is 5.95 Å². The van der Waals surface area contributed by atoms with Gasteiger partial charge in [-0.3, -0.25) is 4.79 Å². The molecule has 0 bridgehead atoms. The Hall–Kier alpha value is -4.27. The number of ether oxygens (including phenoxy) is 2. The van der Waals surface area contributed by atoms with E-state index in [2.05, 4.69) is 25.4 Å². The summed E-state index contributed by atoms with van der Waals surface area (Å²) < 4.78 is 13.1. The molecule has 4 aromatic rings. The maximum absolute atomic E-state index is 12.7. The number of nitrogens with zero attached hydrogens (tertiary/aromatic N) is 5. The molecule has 1 amide bonds. The molecule has 0 aliphatic heterocycles. The van der Waals surface area contributed by atoms with E-state index in [-0.39, 0.29) is 12.3 Å². The summed E-state index contributed by atoms with van der Waals surface area (Å²) in [5.74, 6) is 2.12. The van der Waals surface area contributed by atoms with Crippen molar-refractivity contribution in [3.05, 3.63) is 82.6 Å². The van der Waals surface area contributed by atoms with E-state index in [4.69, 9.17) is 9.47 Å². The molecule has 36 heavy (non-hydrogen) atoms. The van der Waals surface area contributed by atoms with E-state index in [1.165, 1.54) is 0 Å². The van der Waals surface area contributed by atoms with Crippen molar-refractivity contribution in [1.29, 1.82) is 0 Å². The van der Waals surface area contributed by atoms with Crippen molar-refractivity contribution in [1.82, 2.24) is 30.0 Å². The third-order valence-electron chi connectivity index (χ3n) is 5.59. The fourth-order valence-electron chi connectivity index (χ4n) is 3.85. The van der Waals surface area contributed by atoms with Crippen LogP contribution in [0.5, 0.6) is 17.4 Å². The highest BCUT2D eigenvalue weighted by molar-refractivity contribution is 5.79. The summed E-state index contributed by atoms with van der Waals surface area (Å²) >= 11 is 0. The average molecular weight is 487 g/mol. The van der Waals surface area contributed by atoms with Crippen molar-refractivity contribution >= 4 is 5.91 Å². The standard InChI is InChI=1S/C27H30N6O3/c1-6-35-23-9-7-8-10-24(23)36-26-12-11-21(16-29-26)15-28-25(34)14-22-19(4)32-33(20(22)5)27-30-17(2)13-18(3)31-27/h7-13,16H,6,14-15H2,1-5H3,(H,28,34). The highest BCUT2D eigenvalue weighted by Gasteiger charge is 2.17. The predicted molar refractivity (Wildman–Crippen MR) is 136 cm³/mol. The molecule has 3 heterocycles. The molecule has 0 unspecified atom stereocenters. The van der Waals surface area contributed by atoms with Gasteiger partial charge in [-0.25, -0.2) is 19.6 Å². The maximum atomic E-state index is 12.7. The Morgan fingerprint density at radius 2 is 1.72 bits per heavy atom. The van der Waals surface area contributed by atoms with Crippen LogP contribution < -0.4 is 14.8 Å². The van der Waals surface area contributed by atoms with Gasteiger partial charge in [-0.1, -0.05) is 18.2 Å². The maximum Gasteiger partial charge on any atom is 0.251 e. The SMILES string of the molecule is CCOc1ccccc1Oc1ccc(CNC(=O)Cc2c(C)nn(-c3nc(C)cc(C)n3)c2C)cn1. The van der Waals surface area contributed by atoms with E-state index >= 15 is 0 Å². The van der Waals surface area contributed by atoms with E-state index in [0.717, 1.165) is 33.9 Å². The van der Waals surface area contributed by atoms with Crippen LogP contribution in [0.2, 0.25) is 0 Å². The van der Waals surface area contributed by atoms with Crippen LogP contribution in [0.15, 0.2) is 48.7 Å². The van der Waals surface area contributed by atoms with Gasteiger partial charge in [0, 0.05) is 41.5 Å². The second-order valence-corrected chi connectivity index (χ2v) is 8.45. The number of hydrogen-bond acceptors (Lipinski definition) is 7. The van der Waals surface area contributed by atoms with Crippen LogP contribution in [0.4, 0.5) is 0 Å². The van der Waals surface area contributed by atoms with Crippen molar-refractivity contribution in [2.75, 3.05) is 6.61 Å². The van der Waals surface area contributed by atoms with Crippen LogP contribution in [0.1, 0.15) is 40.8 Å². The van der Waals surface area contributed by atoms with Gasteiger partial charge in [-0.05, 0) is 58.4 Å². The van der Waals surface area contributed by atoms with Crippen LogP contribution in [-0.4, -0.2) is 37.2 Å². The normalized spacial score (nSPS) is 10.8. The number of rotatable bonds is 9. The molecule has 9 heteroatoms. The number of nitrogens with one attached hydrogen (secondary N) is 1. The lowest BCUT2D eigenvalue weighted by molar-refractivity contribution is -0.120. The molecule has 4 rings (SSSR count). The molecule has 186 valence electrons. The van der Waals surface area contributed by atoms with Crippen molar-refractivity contribution < 1.29 is 14.3 Å². The molecule has 1 N–H and O–H groups in total. The molecule has 0 spiro atoms. The number of pyridine rings is 1.